The quantitative estimate of drug-likeness (QED) is 0.891. The molecule has 0 bridgehead atoms. The summed E-state index contributed by atoms with van der Waals surface area (Å²) in [6.45, 7) is 1.82. The Balaban J connectivity index is 1.78. The molecular weight excluding hydrogens is 283 g/mol. The molecule has 0 aliphatic carbocycles. The SMILES string of the molecule is Cc1ccc(CC(=O)NCC(=O)Nc2cccc(F)c2)cc1. The number of anilines is 1. The van der Waals surface area contributed by atoms with Crippen molar-refractivity contribution < 1.29 is 14.0 Å². The van der Waals surface area contributed by atoms with Gasteiger partial charge in [0.1, 0.15) is 5.82 Å². The Morgan fingerprint density at radius 2 is 1.77 bits per heavy atom. The minimum atomic E-state index is -0.429. The molecule has 0 aliphatic heterocycles. The highest BCUT2D eigenvalue weighted by molar-refractivity contribution is 5.94. The summed E-state index contributed by atoms with van der Waals surface area (Å²) < 4.78 is 13.0. The number of rotatable bonds is 5. The van der Waals surface area contributed by atoms with Gasteiger partial charge in [-0.2, -0.15) is 0 Å². The van der Waals surface area contributed by atoms with Crippen LogP contribution >= 0.6 is 0 Å². The van der Waals surface area contributed by atoms with Crippen LogP contribution in [-0.4, -0.2) is 18.4 Å². The van der Waals surface area contributed by atoms with Gasteiger partial charge in [0.25, 0.3) is 0 Å². The summed E-state index contributed by atoms with van der Waals surface area (Å²) in [5, 5.41) is 5.05. The summed E-state index contributed by atoms with van der Waals surface area (Å²) in [6.07, 6.45) is 0.216. The number of aryl methyl sites for hydroxylation is 1. The van der Waals surface area contributed by atoms with Gasteiger partial charge < -0.3 is 10.6 Å². The molecule has 0 atom stereocenters. The van der Waals surface area contributed by atoms with Crippen LogP contribution in [0.4, 0.5) is 10.1 Å². The number of hydrogen-bond donors (Lipinski definition) is 2. The lowest BCUT2D eigenvalue weighted by atomic mass is 10.1. The molecule has 0 saturated carbocycles. The molecule has 22 heavy (non-hydrogen) atoms. The number of nitrogens with one attached hydrogen (secondary N) is 2. The first kappa shape index (κ1) is 15.7. The van der Waals surface area contributed by atoms with E-state index in [1.54, 1.807) is 6.07 Å². The molecule has 4 nitrogen and oxygen atoms in total. The average Bonchev–Trinajstić information content (AvgIpc) is 2.48. The van der Waals surface area contributed by atoms with Crippen LogP contribution in [-0.2, 0) is 16.0 Å². The predicted molar refractivity (Wildman–Crippen MR) is 82.9 cm³/mol. The van der Waals surface area contributed by atoms with Gasteiger partial charge in [-0.15, -0.1) is 0 Å². The largest absolute Gasteiger partial charge is 0.347 e. The standard InChI is InChI=1S/C17H17FN2O2/c1-12-5-7-13(8-6-12)9-16(21)19-11-17(22)20-15-4-2-3-14(18)10-15/h2-8,10H,9,11H2,1H3,(H,19,21)(H,20,22). The first-order chi connectivity index (χ1) is 10.5. The Morgan fingerprint density at radius 3 is 2.45 bits per heavy atom. The third kappa shape index (κ3) is 5.01. The van der Waals surface area contributed by atoms with Crippen molar-refractivity contribution in [3.05, 3.63) is 65.5 Å². The summed E-state index contributed by atoms with van der Waals surface area (Å²) in [5.74, 6) is -1.07. The molecule has 2 rings (SSSR count). The van der Waals surface area contributed by atoms with Crippen molar-refractivity contribution in [2.75, 3.05) is 11.9 Å². The topological polar surface area (TPSA) is 58.2 Å². The zero-order valence-electron chi connectivity index (χ0n) is 12.2. The fourth-order valence-electron chi connectivity index (χ4n) is 1.90. The van der Waals surface area contributed by atoms with Crippen LogP contribution in [0.2, 0.25) is 0 Å². The van der Waals surface area contributed by atoms with Gasteiger partial charge in [0, 0.05) is 5.69 Å². The van der Waals surface area contributed by atoms with Crippen LogP contribution in [0.5, 0.6) is 0 Å². The van der Waals surface area contributed by atoms with Crippen molar-refractivity contribution in [3.8, 4) is 0 Å². The summed E-state index contributed by atoms with van der Waals surface area (Å²) >= 11 is 0. The molecule has 0 unspecified atom stereocenters. The van der Waals surface area contributed by atoms with Crippen LogP contribution in [0.3, 0.4) is 0 Å². The van der Waals surface area contributed by atoms with Crippen molar-refractivity contribution >= 4 is 17.5 Å². The summed E-state index contributed by atoms with van der Waals surface area (Å²) in [4.78, 5) is 23.4. The Bertz CT molecular complexity index is 669. The molecule has 0 fully saturated rings. The van der Waals surface area contributed by atoms with Crippen molar-refractivity contribution in [1.29, 1.82) is 0 Å². The van der Waals surface area contributed by atoms with E-state index in [1.807, 2.05) is 31.2 Å². The van der Waals surface area contributed by atoms with E-state index in [-0.39, 0.29) is 18.9 Å². The molecule has 5 heteroatoms. The Kier molecular flexibility index (Phi) is 5.25. The monoisotopic (exact) mass is 300 g/mol. The lowest BCUT2D eigenvalue weighted by Gasteiger charge is -2.07. The molecule has 2 N–H and O–H groups in total. The highest BCUT2D eigenvalue weighted by atomic mass is 19.1. The minimum Gasteiger partial charge on any atom is -0.347 e. The van der Waals surface area contributed by atoms with E-state index in [2.05, 4.69) is 10.6 Å². The third-order valence-electron chi connectivity index (χ3n) is 3.04. The second kappa shape index (κ2) is 7.36. The molecule has 2 aromatic rings. The molecule has 0 aromatic heterocycles. The Morgan fingerprint density at radius 1 is 1.05 bits per heavy atom. The van der Waals surface area contributed by atoms with Crippen LogP contribution in [0, 0.1) is 12.7 Å². The number of hydrogen-bond acceptors (Lipinski definition) is 2. The number of benzene rings is 2. The van der Waals surface area contributed by atoms with Gasteiger partial charge in [0.2, 0.25) is 11.8 Å². The van der Waals surface area contributed by atoms with Gasteiger partial charge in [0.15, 0.2) is 0 Å². The maximum atomic E-state index is 13.0. The molecule has 114 valence electrons. The molecule has 0 radical (unpaired) electrons. The molecule has 0 spiro atoms. The van der Waals surface area contributed by atoms with Crippen LogP contribution in [0.25, 0.3) is 0 Å². The summed E-state index contributed by atoms with van der Waals surface area (Å²) in [7, 11) is 0. The number of amides is 2. The lowest BCUT2D eigenvalue weighted by molar-refractivity contribution is -0.123. The maximum absolute atomic E-state index is 13.0. The molecule has 2 aromatic carbocycles. The second-order valence-electron chi connectivity index (χ2n) is 5.00. The minimum absolute atomic E-state index is 0.152. The van der Waals surface area contributed by atoms with Crippen molar-refractivity contribution in [3.63, 3.8) is 0 Å². The van der Waals surface area contributed by atoms with E-state index in [0.717, 1.165) is 11.1 Å². The van der Waals surface area contributed by atoms with Crippen molar-refractivity contribution in [2.45, 2.75) is 13.3 Å². The van der Waals surface area contributed by atoms with Crippen molar-refractivity contribution in [1.82, 2.24) is 5.32 Å². The molecule has 0 saturated heterocycles. The third-order valence-corrected chi connectivity index (χ3v) is 3.04. The predicted octanol–water partition coefficient (Wildman–Crippen LogP) is 2.43. The van der Waals surface area contributed by atoms with Crippen molar-refractivity contribution in [2.24, 2.45) is 0 Å². The normalized spacial score (nSPS) is 10.1. The van der Waals surface area contributed by atoms with Crippen LogP contribution < -0.4 is 10.6 Å². The first-order valence-electron chi connectivity index (χ1n) is 6.90. The van der Waals surface area contributed by atoms with E-state index >= 15 is 0 Å². The first-order valence-corrected chi connectivity index (χ1v) is 6.90. The fraction of sp³-hybridized carbons (Fsp3) is 0.176. The van der Waals surface area contributed by atoms with Gasteiger partial charge in [-0.1, -0.05) is 35.9 Å². The highest BCUT2D eigenvalue weighted by Crippen LogP contribution is 2.08. The number of carbonyl (C=O) groups is 2. The number of halogens is 1. The van der Waals surface area contributed by atoms with Gasteiger partial charge in [-0.25, -0.2) is 4.39 Å². The van der Waals surface area contributed by atoms with Gasteiger partial charge in [-0.3, -0.25) is 9.59 Å². The van der Waals surface area contributed by atoms with E-state index in [4.69, 9.17) is 0 Å². The Labute approximate surface area is 128 Å². The average molecular weight is 300 g/mol. The molecule has 2 amide bonds. The highest BCUT2D eigenvalue weighted by Gasteiger charge is 2.07. The van der Waals surface area contributed by atoms with E-state index in [1.165, 1.54) is 18.2 Å². The summed E-state index contributed by atoms with van der Waals surface area (Å²) in [6, 6.07) is 13.2. The van der Waals surface area contributed by atoms with Crippen LogP contribution in [0.15, 0.2) is 48.5 Å². The summed E-state index contributed by atoms with van der Waals surface area (Å²) in [5.41, 5.74) is 2.37. The van der Waals surface area contributed by atoms with Gasteiger partial charge in [-0.05, 0) is 30.7 Å². The van der Waals surface area contributed by atoms with Crippen LogP contribution in [0.1, 0.15) is 11.1 Å². The zero-order chi connectivity index (χ0) is 15.9. The van der Waals surface area contributed by atoms with Gasteiger partial charge in [0.05, 0.1) is 13.0 Å². The lowest BCUT2D eigenvalue weighted by Crippen LogP contribution is -2.33. The molecule has 0 aliphatic rings. The van der Waals surface area contributed by atoms with E-state index in [9.17, 15) is 14.0 Å². The maximum Gasteiger partial charge on any atom is 0.243 e. The number of carbonyl (C=O) groups excluding carboxylic acids is 2. The zero-order valence-corrected chi connectivity index (χ0v) is 12.2. The molecular formula is C17H17FN2O2. The van der Waals surface area contributed by atoms with E-state index < -0.39 is 11.7 Å². The second-order valence-corrected chi connectivity index (χ2v) is 5.00. The molecule has 0 heterocycles. The van der Waals surface area contributed by atoms with E-state index in [0.29, 0.717) is 5.69 Å². The van der Waals surface area contributed by atoms with Gasteiger partial charge >= 0.3 is 0 Å². The smallest absolute Gasteiger partial charge is 0.243 e. The fourth-order valence-corrected chi connectivity index (χ4v) is 1.90. The Hall–Kier alpha value is -2.69.